The first-order valence-electron chi connectivity index (χ1n) is 12.8. The van der Waals surface area contributed by atoms with E-state index in [0.717, 1.165) is 38.1 Å². The van der Waals surface area contributed by atoms with E-state index in [4.69, 9.17) is 0 Å². The molecular formula is C28H52N4. The third-order valence-electron chi connectivity index (χ3n) is 7.29. The number of nitrogens with zero attached hydrogens (tertiary/aromatic N) is 1. The predicted octanol–water partition coefficient (Wildman–Crippen LogP) is 4.69. The molecule has 0 saturated carbocycles. The van der Waals surface area contributed by atoms with Gasteiger partial charge in [-0.3, -0.25) is 0 Å². The lowest BCUT2D eigenvalue weighted by Crippen LogP contribution is -2.54. The van der Waals surface area contributed by atoms with Crippen LogP contribution in [0.1, 0.15) is 72.9 Å². The van der Waals surface area contributed by atoms with E-state index in [2.05, 4.69) is 108 Å². The molecular weight excluding hydrogens is 392 g/mol. The van der Waals surface area contributed by atoms with Crippen LogP contribution >= 0.6 is 0 Å². The van der Waals surface area contributed by atoms with Gasteiger partial charge in [0.1, 0.15) is 0 Å². The molecule has 4 rings (SSSR count). The number of likely N-dealkylation sites (tertiary alicyclic amines) is 1. The average molecular weight is 445 g/mol. The van der Waals surface area contributed by atoms with Crippen LogP contribution in [0.15, 0.2) is 24.3 Å². The number of benzene rings is 1. The molecule has 3 aliphatic rings. The molecule has 2 saturated heterocycles. The van der Waals surface area contributed by atoms with Crippen molar-refractivity contribution in [2.45, 2.75) is 92.9 Å². The zero-order valence-corrected chi connectivity index (χ0v) is 22.5. The highest BCUT2D eigenvalue weighted by molar-refractivity contribution is 5.29. The molecule has 4 heteroatoms. The van der Waals surface area contributed by atoms with Crippen LogP contribution in [0.25, 0.3) is 0 Å². The molecule has 2 fully saturated rings. The van der Waals surface area contributed by atoms with Crippen molar-refractivity contribution in [1.29, 1.82) is 0 Å². The molecule has 3 aliphatic heterocycles. The van der Waals surface area contributed by atoms with E-state index >= 15 is 0 Å². The van der Waals surface area contributed by atoms with Gasteiger partial charge in [0.15, 0.2) is 0 Å². The number of fused-ring (bicyclic) bond motifs is 1. The minimum absolute atomic E-state index is 0.396. The monoisotopic (exact) mass is 444 g/mol. The molecule has 0 aliphatic carbocycles. The van der Waals surface area contributed by atoms with Gasteiger partial charge < -0.3 is 20.9 Å². The minimum atomic E-state index is 0.396. The topological polar surface area (TPSA) is 39.3 Å². The number of nitrogens with one attached hydrogen (secondary N) is 3. The van der Waals surface area contributed by atoms with Crippen molar-refractivity contribution < 1.29 is 0 Å². The van der Waals surface area contributed by atoms with Gasteiger partial charge in [0.25, 0.3) is 0 Å². The molecule has 0 aromatic heterocycles. The van der Waals surface area contributed by atoms with Crippen LogP contribution in [-0.4, -0.2) is 56.3 Å². The minimum Gasteiger partial charge on any atom is -0.314 e. The fourth-order valence-corrected chi connectivity index (χ4v) is 4.83. The van der Waals surface area contributed by atoms with Crippen LogP contribution in [0, 0.1) is 16.7 Å². The first kappa shape index (κ1) is 27.3. The van der Waals surface area contributed by atoms with Gasteiger partial charge in [-0.25, -0.2) is 0 Å². The Hall–Kier alpha value is -0.940. The molecule has 3 unspecified atom stereocenters. The standard InChI is InChI=1S/C12H17N.C8H18N2.C8H17N/c1-9(2)12-7-10-5-3-4-6-11(10)8-13-12;1-8(2,3)7-6-9-4-5-10-7;1-8(2,3)7-5-6-9(7)4/h3-6,9,12-13H,7-8H2,1-2H3;7,9-10H,4-6H2,1-3H3;7H,5-6H2,1-4H3. The Morgan fingerprint density at radius 3 is 1.94 bits per heavy atom. The zero-order valence-electron chi connectivity index (χ0n) is 22.5. The number of piperazine rings is 1. The Labute approximate surface area is 199 Å². The average Bonchev–Trinajstić information content (AvgIpc) is 2.72. The van der Waals surface area contributed by atoms with Crippen molar-refractivity contribution in [1.82, 2.24) is 20.9 Å². The van der Waals surface area contributed by atoms with Gasteiger partial charge in [0.2, 0.25) is 0 Å². The smallest absolute Gasteiger partial charge is 0.0241 e. The highest BCUT2D eigenvalue weighted by atomic mass is 15.2. The van der Waals surface area contributed by atoms with E-state index in [1.165, 1.54) is 30.5 Å². The van der Waals surface area contributed by atoms with E-state index < -0.39 is 0 Å². The van der Waals surface area contributed by atoms with E-state index in [0.29, 0.717) is 22.9 Å². The lowest BCUT2D eigenvalue weighted by molar-refractivity contribution is 0.0360. The van der Waals surface area contributed by atoms with Crippen LogP contribution in [0.3, 0.4) is 0 Å². The number of hydrogen-bond acceptors (Lipinski definition) is 4. The molecule has 1 aromatic rings. The summed E-state index contributed by atoms with van der Waals surface area (Å²) in [5.41, 5.74) is 3.89. The predicted molar refractivity (Wildman–Crippen MR) is 140 cm³/mol. The second-order valence-corrected chi connectivity index (χ2v) is 12.4. The molecule has 0 bridgehead atoms. The van der Waals surface area contributed by atoms with Crippen molar-refractivity contribution in [3.8, 4) is 0 Å². The molecule has 184 valence electrons. The summed E-state index contributed by atoms with van der Waals surface area (Å²) in [5, 5.41) is 10.5. The van der Waals surface area contributed by atoms with Gasteiger partial charge in [-0.05, 0) is 54.3 Å². The van der Waals surface area contributed by atoms with Crippen molar-refractivity contribution >= 4 is 0 Å². The highest BCUT2D eigenvalue weighted by Gasteiger charge is 2.34. The number of hydrogen-bond donors (Lipinski definition) is 3. The first-order valence-corrected chi connectivity index (χ1v) is 12.8. The molecule has 32 heavy (non-hydrogen) atoms. The zero-order chi connectivity index (χ0) is 23.9. The van der Waals surface area contributed by atoms with Gasteiger partial charge in [-0.1, -0.05) is 79.7 Å². The van der Waals surface area contributed by atoms with Crippen LogP contribution in [0.2, 0.25) is 0 Å². The Kier molecular flexibility index (Phi) is 10.2. The molecule has 3 N–H and O–H groups in total. The Bertz CT molecular complexity index is 665. The van der Waals surface area contributed by atoms with Crippen LogP contribution < -0.4 is 16.0 Å². The number of rotatable bonds is 1. The lowest BCUT2D eigenvalue weighted by Gasteiger charge is -2.46. The van der Waals surface area contributed by atoms with Gasteiger partial charge in [-0.2, -0.15) is 0 Å². The van der Waals surface area contributed by atoms with E-state index in [-0.39, 0.29) is 0 Å². The van der Waals surface area contributed by atoms with Crippen LogP contribution in [0.4, 0.5) is 0 Å². The van der Waals surface area contributed by atoms with Gasteiger partial charge >= 0.3 is 0 Å². The summed E-state index contributed by atoms with van der Waals surface area (Å²) in [5.74, 6) is 0.730. The van der Waals surface area contributed by atoms with Gasteiger partial charge in [-0.15, -0.1) is 0 Å². The summed E-state index contributed by atoms with van der Waals surface area (Å²) >= 11 is 0. The van der Waals surface area contributed by atoms with E-state index in [1.54, 1.807) is 0 Å². The largest absolute Gasteiger partial charge is 0.314 e. The second kappa shape index (κ2) is 12.0. The molecule has 1 aromatic carbocycles. The van der Waals surface area contributed by atoms with Crippen molar-refractivity contribution in [3.63, 3.8) is 0 Å². The van der Waals surface area contributed by atoms with Crippen molar-refractivity contribution in [3.05, 3.63) is 35.4 Å². The van der Waals surface area contributed by atoms with E-state index in [9.17, 15) is 0 Å². The second-order valence-electron chi connectivity index (χ2n) is 12.4. The highest BCUT2D eigenvalue weighted by Crippen LogP contribution is 2.31. The fourth-order valence-electron chi connectivity index (χ4n) is 4.83. The lowest BCUT2D eigenvalue weighted by atomic mass is 9.80. The summed E-state index contributed by atoms with van der Waals surface area (Å²) in [6.07, 6.45) is 2.58. The fraction of sp³-hybridized carbons (Fsp3) is 0.786. The normalized spacial score (nSPS) is 26.1. The summed E-state index contributed by atoms with van der Waals surface area (Å²) in [4.78, 5) is 2.43. The summed E-state index contributed by atoms with van der Waals surface area (Å²) < 4.78 is 0. The molecule has 0 spiro atoms. The maximum Gasteiger partial charge on any atom is 0.0241 e. The Balaban J connectivity index is 0.000000174. The third kappa shape index (κ3) is 8.44. The quantitative estimate of drug-likeness (QED) is 0.588. The van der Waals surface area contributed by atoms with Gasteiger partial charge in [0.05, 0.1) is 0 Å². The third-order valence-corrected chi connectivity index (χ3v) is 7.29. The molecule has 0 radical (unpaired) electrons. The maximum absolute atomic E-state index is 3.57. The summed E-state index contributed by atoms with van der Waals surface area (Å²) in [6, 6.07) is 10.9. The molecule has 0 amide bonds. The summed E-state index contributed by atoms with van der Waals surface area (Å²) in [6.45, 7) is 24.0. The molecule has 3 heterocycles. The molecule has 3 atom stereocenters. The van der Waals surface area contributed by atoms with Crippen LogP contribution in [-0.2, 0) is 13.0 Å². The Morgan fingerprint density at radius 1 is 0.906 bits per heavy atom. The van der Waals surface area contributed by atoms with Crippen molar-refractivity contribution in [2.75, 3.05) is 33.2 Å². The van der Waals surface area contributed by atoms with Crippen LogP contribution in [0.5, 0.6) is 0 Å². The summed E-state index contributed by atoms with van der Waals surface area (Å²) in [7, 11) is 2.21. The van der Waals surface area contributed by atoms with Crippen molar-refractivity contribution in [2.24, 2.45) is 16.7 Å². The first-order chi connectivity index (χ1) is 14.9. The SMILES string of the molecule is CC(C)(C)C1CNCCN1.CC(C)C1Cc2ccccc2CN1.CN1CCC1C(C)(C)C. The van der Waals surface area contributed by atoms with Gasteiger partial charge in [0, 0.05) is 44.3 Å². The molecule has 4 nitrogen and oxygen atoms in total. The van der Waals surface area contributed by atoms with E-state index in [1.807, 2.05) is 0 Å². The maximum atomic E-state index is 3.57. The Morgan fingerprint density at radius 2 is 1.56 bits per heavy atom.